The number of anilines is 1. The lowest BCUT2D eigenvalue weighted by Gasteiger charge is -2.22. The van der Waals surface area contributed by atoms with E-state index in [9.17, 15) is 14.4 Å². The van der Waals surface area contributed by atoms with Crippen molar-refractivity contribution >= 4 is 17.5 Å². The molecule has 3 rings (SSSR count). The molecule has 2 aromatic rings. The molecular weight excluding hydrogens is 334 g/mol. The van der Waals surface area contributed by atoms with E-state index in [2.05, 4.69) is 20.8 Å². The summed E-state index contributed by atoms with van der Waals surface area (Å²) in [5.74, 6) is -0.733. The Morgan fingerprint density at radius 1 is 1.31 bits per heavy atom. The highest BCUT2D eigenvalue weighted by Gasteiger charge is 2.19. The van der Waals surface area contributed by atoms with Crippen molar-refractivity contribution in [2.45, 2.75) is 51.6 Å². The molecule has 0 radical (unpaired) electrons. The third-order valence-electron chi connectivity index (χ3n) is 4.62. The van der Waals surface area contributed by atoms with Crippen LogP contribution >= 0.6 is 0 Å². The van der Waals surface area contributed by atoms with Crippen LogP contribution in [0.15, 0.2) is 29.3 Å². The second kappa shape index (κ2) is 7.99. The SMILES string of the molecule is Cc1[nH]ncc1NC(=O)Cn1cccc(C(=O)NC2CCCCC2)c1=O. The van der Waals surface area contributed by atoms with Crippen molar-refractivity contribution < 1.29 is 9.59 Å². The molecule has 0 spiro atoms. The molecule has 2 heterocycles. The molecule has 0 atom stereocenters. The van der Waals surface area contributed by atoms with Crippen LogP contribution in [0.5, 0.6) is 0 Å². The van der Waals surface area contributed by atoms with Crippen molar-refractivity contribution in [3.63, 3.8) is 0 Å². The highest BCUT2D eigenvalue weighted by Crippen LogP contribution is 2.17. The zero-order valence-corrected chi connectivity index (χ0v) is 14.7. The number of aromatic amines is 1. The maximum atomic E-state index is 12.6. The van der Waals surface area contributed by atoms with Crippen molar-refractivity contribution in [2.75, 3.05) is 5.32 Å². The van der Waals surface area contributed by atoms with Gasteiger partial charge in [0.1, 0.15) is 12.1 Å². The van der Waals surface area contributed by atoms with E-state index in [0.717, 1.165) is 31.4 Å². The van der Waals surface area contributed by atoms with Gasteiger partial charge in [0.05, 0.1) is 17.6 Å². The van der Waals surface area contributed by atoms with Gasteiger partial charge in [-0.1, -0.05) is 19.3 Å². The molecule has 0 bridgehead atoms. The summed E-state index contributed by atoms with van der Waals surface area (Å²) in [4.78, 5) is 37.2. The molecule has 1 saturated carbocycles. The molecule has 2 amide bonds. The number of pyridine rings is 1. The maximum absolute atomic E-state index is 12.6. The number of carbonyl (C=O) groups excluding carboxylic acids is 2. The van der Waals surface area contributed by atoms with E-state index in [-0.39, 0.29) is 30.0 Å². The Morgan fingerprint density at radius 3 is 2.77 bits per heavy atom. The van der Waals surface area contributed by atoms with Gasteiger partial charge in [0.15, 0.2) is 0 Å². The highest BCUT2D eigenvalue weighted by molar-refractivity contribution is 5.94. The van der Waals surface area contributed by atoms with Gasteiger partial charge < -0.3 is 15.2 Å². The Hall–Kier alpha value is -2.90. The molecule has 2 aromatic heterocycles. The second-order valence-corrected chi connectivity index (χ2v) is 6.62. The molecule has 26 heavy (non-hydrogen) atoms. The van der Waals surface area contributed by atoms with E-state index in [4.69, 9.17) is 0 Å². The summed E-state index contributed by atoms with van der Waals surface area (Å²) >= 11 is 0. The van der Waals surface area contributed by atoms with Gasteiger partial charge in [-0.25, -0.2) is 0 Å². The average molecular weight is 357 g/mol. The van der Waals surface area contributed by atoms with E-state index in [1.54, 1.807) is 13.0 Å². The van der Waals surface area contributed by atoms with E-state index < -0.39 is 5.56 Å². The van der Waals surface area contributed by atoms with Crippen LogP contribution < -0.4 is 16.2 Å². The normalized spacial score (nSPS) is 14.8. The molecule has 8 heteroatoms. The molecule has 8 nitrogen and oxygen atoms in total. The number of hydrogen-bond donors (Lipinski definition) is 3. The van der Waals surface area contributed by atoms with Crippen LogP contribution in [0.1, 0.15) is 48.2 Å². The third-order valence-corrected chi connectivity index (χ3v) is 4.62. The van der Waals surface area contributed by atoms with Crippen molar-refractivity contribution in [3.8, 4) is 0 Å². The van der Waals surface area contributed by atoms with Gasteiger partial charge in [0.25, 0.3) is 11.5 Å². The molecule has 1 fully saturated rings. The van der Waals surface area contributed by atoms with Gasteiger partial charge in [-0.2, -0.15) is 5.10 Å². The number of nitrogens with zero attached hydrogens (tertiary/aromatic N) is 2. The van der Waals surface area contributed by atoms with E-state index in [1.807, 2.05) is 0 Å². The molecule has 0 aromatic carbocycles. The van der Waals surface area contributed by atoms with Crippen molar-refractivity contribution in [1.82, 2.24) is 20.1 Å². The molecule has 1 aliphatic rings. The number of nitrogens with one attached hydrogen (secondary N) is 3. The predicted molar refractivity (Wildman–Crippen MR) is 97.0 cm³/mol. The first kappa shape index (κ1) is 17.9. The summed E-state index contributed by atoms with van der Waals surface area (Å²) in [6.45, 7) is 1.61. The summed E-state index contributed by atoms with van der Waals surface area (Å²) in [5, 5.41) is 12.2. The Bertz CT molecular complexity index is 849. The first-order valence-electron chi connectivity index (χ1n) is 8.84. The Labute approximate surface area is 151 Å². The predicted octanol–water partition coefficient (Wildman–Crippen LogP) is 1.58. The standard InChI is InChI=1S/C18H23N5O3/c1-12-15(10-19-22-12)21-16(24)11-23-9-5-8-14(18(23)26)17(25)20-13-6-3-2-4-7-13/h5,8-10,13H,2-4,6-7,11H2,1H3,(H,19,22)(H,20,25)(H,21,24). The van der Waals surface area contributed by atoms with Gasteiger partial charge in [-0.05, 0) is 31.9 Å². The molecular formula is C18H23N5O3. The topological polar surface area (TPSA) is 109 Å². The molecule has 1 aliphatic carbocycles. The second-order valence-electron chi connectivity index (χ2n) is 6.62. The van der Waals surface area contributed by atoms with E-state index >= 15 is 0 Å². The summed E-state index contributed by atoms with van der Waals surface area (Å²) in [6.07, 6.45) is 8.27. The summed E-state index contributed by atoms with van der Waals surface area (Å²) in [6, 6.07) is 3.22. The minimum Gasteiger partial charge on any atom is -0.349 e. The van der Waals surface area contributed by atoms with Crippen LogP contribution in [0.2, 0.25) is 0 Å². The summed E-state index contributed by atoms with van der Waals surface area (Å²) in [7, 11) is 0. The van der Waals surface area contributed by atoms with Crippen molar-refractivity contribution in [1.29, 1.82) is 0 Å². The molecule has 0 unspecified atom stereocenters. The first-order chi connectivity index (χ1) is 12.5. The lowest BCUT2D eigenvalue weighted by atomic mass is 9.95. The number of carbonyl (C=O) groups is 2. The van der Waals surface area contributed by atoms with Gasteiger partial charge in [0, 0.05) is 12.2 Å². The quantitative estimate of drug-likeness (QED) is 0.755. The van der Waals surface area contributed by atoms with Crippen LogP contribution in [0, 0.1) is 6.92 Å². The monoisotopic (exact) mass is 357 g/mol. The number of rotatable bonds is 5. The molecule has 0 aliphatic heterocycles. The van der Waals surface area contributed by atoms with Gasteiger partial charge in [0.2, 0.25) is 5.91 Å². The number of H-pyrrole nitrogens is 1. The fourth-order valence-electron chi connectivity index (χ4n) is 3.17. The highest BCUT2D eigenvalue weighted by atomic mass is 16.2. The fraction of sp³-hybridized carbons (Fsp3) is 0.444. The maximum Gasteiger partial charge on any atom is 0.263 e. The molecule has 0 saturated heterocycles. The van der Waals surface area contributed by atoms with Crippen LogP contribution in [0.25, 0.3) is 0 Å². The average Bonchev–Trinajstić information content (AvgIpc) is 3.02. The number of amides is 2. The first-order valence-corrected chi connectivity index (χ1v) is 8.84. The number of aryl methyl sites for hydroxylation is 1. The van der Waals surface area contributed by atoms with Crippen molar-refractivity contribution in [2.24, 2.45) is 0 Å². The van der Waals surface area contributed by atoms with Gasteiger partial charge in [-0.3, -0.25) is 19.5 Å². The fourth-order valence-corrected chi connectivity index (χ4v) is 3.17. The Morgan fingerprint density at radius 2 is 2.08 bits per heavy atom. The number of hydrogen-bond acceptors (Lipinski definition) is 4. The van der Waals surface area contributed by atoms with E-state index in [1.165, 1.54) is 29.4 Å². The Balaban J connectivity index is 1.68. The summed E-state index contributed by atoms with van der Waals surface area (Å²) in [5.41, 5.74) is 0.880. The lowest BCUT2D eigenvalue weighted by Crippen LogP contribution is -2.40. The van der Waals surface area contributed by atoms with Crippen LogP contribution in [0.4, 0.5) is 5.69 Å². The minimum absolute atomic E-state index is 0.0605. The van der Waals surface area contributed by atoms with Gasteiger partial charge >= 0.3 is 0 Å². The number of aromatic nitrogens is 3. The molecule has 3 N–H and O–H groups in total. The zero-order chi connectivity index (χ0) is 18.5. The van der Waals surface area contributed by atoms with E-state index in [0.29, 0.717) is 5.69 Å². The largest absolute Gasteiger partial charge is 0.349 e. The third kappa shape index (κ3) is 4.19. The lowest BCUT2D eigenvalue weighted by molar-refractivity contribution is -0.116. The summed E-state index contributed by atoms with van der Waals surface area (Å²) < 4.78 is 1.24. The van der Waals surface area contributed by atoms with Crippen LogP contribution in [-0.2, 0) is 11.3 Å². The smallest absolute Gasteiger partial charge is 0.263 e. The van der Waals surface area contributed by atoms with Crippen molar-refractivity contribution in [3.05, 3.63) is 46.1 Å². The van der Waals surface area contributed by atoms with Gasteiger partial charge in [-0.15, -0.1) is 0 Å². The van der Waals surface area contributed by atoms with Crippen LogP contribution in [-0.4, -0.2) is 32.6 Å². The Kier molecular flexibility index (Phi) is 5.50. The van der Waals surface area contributed by atoms with Crippen LogP contribution in [0.3, 0.4) is 0 Å². The minimum atomic E-state index is -0.472. The zero-order valence-electron chi connectivity index (χ0n) is 14.7. The molecule has 138 valence electrons.